The van der Waals surface area contributed by atoms with Crippen molar-refractivity contribution in [1.82, 2.24) is 5.32 Å². The molecular formula is C42H83NO3. The van der Waals surface area contributed by atoms with E-state index in [1.165, 1.54) is 186 Å². The summed E-state index contributed by atoms with van der Waals surface area (Å²) in [5.74, 6) is -0.0642. The summed E-state index contributed by atoms with van der Waals surface area (Å²) in [5.41, 5.74) is 0. The Balaban J connectivity index is 3.48. The molecule has 4 nitrogen and oxygen atoms in total. The molecule has 274 valence electrons. The van der Waals surface area contributed by atoms with E-state index in [1.54, 1.807) is 6.08 Å². The predicted octanol–water partition coefficient (Wildman–Crippen LogP) is 12.7. The normalized spacial score (nSPS) is 13.0. The topological polar surface area (TPSA) is 69.6 Å². The number of unbranched alkanes of at least 4 members (excludes halogenated alkanes) is 31. The average molecular weight is 650 g/mol. The zero-order chi connectivity index (χ0) is 33.6. The third-order valence-corrected chi connectivity index (χ3v) is 9.77. The van der Waals surface area contributed by atoms with E-state index in [0.717, 1.165) is 25.7 Å². The molecule has 46 heavy (non-hydrogen) atoms. The van der Waals surface area contributed by atoms with Crippen LogP contribution in [0.4, 0.5) is 0 Å². The molecule has 2 unspecified atom stereocenters. The van der Waals surface area contributed by atoms with Gasteiger partial charge in [-0.05, 0) is 19.3 Å². The standard InChI is InChI=1S/C42H83NO3/c1-3-5-7-9-11-13-15-16-17-18-19-20-21-22-23-24-25-26-27-28-29-31-33-35-37-41(45)40(39-44)43-42(46)38-36-34-32-30-14-12-10-8-6-4-2/h35,37,40-41,44-45H,3-34,36,38-39H2,1-2H3,(H,43,46)/b37-35+. The second-order valence-corrected chi connectivity index (χ2v) is 14.4. The molecule has 0 bridgehead atoms. The van der Waals surface area contributed by atoms with Crippen LogP contribution < -0.4 is 5.32 Å². The number of carbonyl (C=O) groups is 1. The molecule has 0 spiro atoms. The van der Waals surface area contributed by atoms with Gasteiger partial charge in [0.2, 0.25) is 5.91 Å². The van der Waals surface area contributed by atoms with Crippen molar-refractivity contribution >= 4 is 5.91 Å². The summed E-state index contributed by atoms with van der Waals surface area (Å²) < 4.78 is 0. The second kappa shape index (κ2) is 38.6. The van der Waals surface area contributed by atoms with Crippen LogP contribution in [0.2, 0.25) is 0 Å². The molecule has 0 aromatic rings. The van der Waals surface area contributed by atoms with E-state index >= 15 is 0 Å². The van der Waals surface area contributed by atoms with Crippen LogP contribution in [0, 0.1) is 0 Å². The van der Waals surface area contributed by atoms with Gasteiger partial charge in [-0.25, -0.2) is 0 Å². The maximum absolute atomic E-state index is 12.3. The maximum atomic E-state index is 12.3. The van der Waals surface area contributed by atoms with Crippen molar-refractivity contribution < 1.29 is 15.0 Å². The van der Waals surface area contributed by atoms with Crippen molar-refractivity contribution in [2.75, 3.05) is 6.61 Å². The highest BCUT2D eigenvalue weighted by Gasteiger charge is 2.17. The minimum Gasteiger partial charge on any atom is -0.394 e. The van der Waals surface area contributed by atoms with Crippen molar-refractivity contribution in [1.29, 1.82) is 0 Å². The highest BCUT2D eigenvalue weighted by Crippen LogP contribution is 2.16. The van der Waals surface area contributed by atoms with Gasteiger partial charge in [0.1, 0.15) is 0 Å². The van der Waals surface area contributed by atoms with Crippen LogP contribution in [0.5, 0.6) is 0 Å². The molecule has 0 saturated carbocycles. The van der Waals surface area contributed by atoms with Crippen LogP contribution in [-0.4, -0.2) is 34.9 Å². The van der Waals surface area contributed by atoms with Crippen LogP contribution in [-0.2, 0) is 4.79 Å². The molecule has 0 aromatic carbocycles. The van der Waals surface area contributed by atoms with Gasteiger partial charge in [0.15, 0.2) is 0 Å². The first kappa shape index (κ1) is 45.1. The molecule has 0 fully saturated rings. The number of hydrogen-bond acceptors (Lipinski definition) is 3. The molecule has 0 saturated heterocycles. The minimum atomic E-state index is -0.832. The van der Waals surface area contributed by atoms with Gasteiger partial charge in [0.05, 0.1) is 18.8 Å². The highest BCUT2D eigenvalue weighted by molar-refractivity contribution is 5.76. The molecule has 0 aromatic heterocycles. The zero-order valence-electron chi connectivity index (χ0n) is 31.4. The van der Waals surface area contributed by atoms with Gasteiger partial charge in [0.25, 0.3) is 0 Å². The van der Waals surface area contributed by atoms with Crippen molar-refractivity contribution in [2.24, 2.45) is 0 Å². The fraction of sp³-hybridized carbons (Fsp3) is 0.929. The van der Waals surface area contributed by atoms with E-state index in [0.29, 0.717) is 6.42 Å². The first-order valence-corrected chi connectivity index (χ1v) is 20.9. The molecule has 0 radical (unpaired) electrons. The smallest absolute Gasteiger partial charge is 0.220 e. The number of hydrogen-bond donors (Lipinski definition) is 3. The molecule has 0 aliphatic rings. The number of carbonyl (C=O) groups excluding carboxylic acids is 1. The van der Waals surface area contributed by atoms with Gasteiger partial charge in [-0.15, -0.1) is 0 Å². The Morgan fingerprint density at radius 1 is 0.500 bits per heavy atom. The number of nitrogens with one attached hydrogen (secondary N) is 1. The largest absolute Gasteiger partial charge is 0.394 e. The Labute approximate surface area is 288 Å². The van der Waals surface area contributed by atoms with Crippen LogP contribution in [0.15, 0.2) is 12.2 Å². The molecule has 0 aliphatic heterocycles. The Kier molecular flexibility index (Phi) is 37.8. The first-order chi connectivity index (χ1) is 22.7. The Morgan fingerprint density at radius 2 is 0.804 bits per heavy atom. The lowest BCUT2D eigenvalue weighted by Gasteiger charge is -2.20. The zero-order valence-corrected chi connectivity index (χ0v) is 31.4. The van der Waals surface area contributed by atoms with Gasteiger partial charge >= 0.3 is 0 Å². The van der Waals surface area contributed by atoms with Crippen molar-refractivity contribution in [3.8, 4) is 0 Å². The lowest BCUT2D eigenvalue weighted by Crippen LogP contribution is -2.45. The number of allylic oxidation sites excluding steroid dienone is 1. The number of amides is 1. The summed E-state index contributed by atoms with van der Waals surface area (Å²) in [5, 5.41) is 22.9. The van der Waals surface area contributed by atoms with Gasteiger partial charge in [-0.2, -0.15) is 0 Å². The van der Waals surface area contributed by atoms with E-state index in [9.17, 15) is 15.0 Å². The van der Waals surface area contributed by atoms with Crippen LogP contribution in [0.3, 0.4) is 0 Å². The molecule has 0 heterocycles. The summed E-state index contributed by atoms with van der Waals surface area (Å²) in [6.45, 7) is 4.30. The third kappa shape index (κ3) is 34.5. The van der Waals surface area contributed by atoms with Crippen LogP contribution in [0.1, 0.15) is 232 Å². The quantitative estimate of drug-likeness (QED) is 0.0460. The number of aliphatic hydroxyl groups excluding tert-OH is 2. The van der Waals surface area contributed by atoms with E-state index in [2.05, 4.69) is 19.2 Å². The molecule has 3 N–H and O–H groups in total. The van der Waals surface area contributed by atoms with Gasteiger partial charge in [0, 0.05) is 6.42 Å². The van der Waals surface area contributed by atoms with Crippen molar-refractivity contribution in [3.05, 3.63) is 12.2 Å². The Bertz CT molecular complexity index is 622. The molecule has 0 aliphatic carbocycles. The second-order valence-electron chi connectivity index (χ2n) is 14.4. The van der Waals surface area contributed by atoms with E-state index < -0.39 is 12.1 Å². The van der Waals surface area contributed by atoms with Crippen LogP contribution in [0.25, 0.3) is 0 Å². The summed E-state index contributed by atoms with van der Waals surface area (Å²) in [4.78, 5) is 12.3. The Hall–Kier alpha value is -0.870. The van der Waals surface area contributed by atoms with E-state index in [1.807, 2.05) is 6.08 Å². The van der Waals surface area contributed by atoms with Crippen LogP contribution >= 0.6 is 0 Å². The summed E-state index contributed by atoms with van der Waals surface area (Å²) in [6.07, 6.45) is 47.5. The number of aliphatic hydroxyl groups is 2. The monoisotopic (exact) mass is 650 g/mol. The first-order valence-electron chi connectivity index (χ1n) is 20.9. The fourth-order valence-electron chi connectivity index (χ4n) is 6.53. The molecule has 2 atom stereocenters. The van der Waals surface area contributed by atoms with Crippen molar-refractivity contribution in [3.63, 3.8) is 0 Å². The summed E-state index contributed by atoms with van der Waals surface area (Å²) >= 11 is 0. The number of rotatable bonds is 38. The third-order valence-electron chi connectivity index (χ3n) is 9.77. The van der Waals surface area contributed by atoms with Crippen molar-refractivity contribution in [2.45, 2.75) is 244 Å². The molecule has 4 heteroatoms. The SMILES string of the molecule is CCCCCCCCCCCCCCCCCCCCCCCC/C=C/C(O)C(CO)NC(=O)CCCCCCCCCCCC. The summed E-state index contributed by atoms with van der Waals surface area (Å²) in [7, 11) is 0. The summed E-state index contributed by atoms with van der Waals surface area (Å²) in [6, 6.07) is -0.614. The van der Waals surface area contributed by atoms with E-state index in [-0.39, 0.29) is 12.5 Å². The van der Waals surface area contributed by atoms with Gasteiger partial charge < -0.3 is 15.5 Å². The molecule has 0 rings (SSSR count). The van der Waals surface area contributed by atoms with E-state index in [4.69, 9.17) is 0 Å². The molecular weight excluding hydrogens is 566 g/mol. The maximum Gasteiger partial charge on any atom is 0.220 e. The lowest BCUT2D eigenvalue weighted by molar-refractivity contribution is -0.123. The average Bonchev–Trinajstić information content (AvgIpc) is 3.06. The highest BCUT2D eigenvalue weighted by atomic mass is 16.3. The molecule has 1 amide bonds. The van der Waals surface area contributed by atoms with Gasteiger partial charge in [-0.3, -0.25) is 4.79 Å². The fourth-order valence-corrected chi connectivity index (χ4v) is 6.53. The minimum absolute atomic E-state index is 0.0642. The van der Waals surface area contributed by atoms with Gasteiger partial charge in [-0.1, -0.05) is 219 Å². The lowest BCUT2D eigenvalue weighted by atomic mass is 10.0. The predicted molar refractivity (Wildman–Crippen MR) is 202 cm³/mol. The Morgan fingerprint density at radius 3 is 1.13 bits per heavy atom.